The molecule has 14 heavy (non-hydrogen) atoms. The SMILES string of the molecule is COc1ccnc2ccc(SN)cc12. The second-order valence-electron chi connectivity index (χ2n) is 2.81. The molecule has 0 amide bonds. The van der Waals surface area contributed by atoms with Crippen LogP contribution in [-0.2, 0) is 0 Å². The summed E-state index contributed by atoms with van der Waals surface area (Å²) < 4.78 is 5.24. The molecule has 2 aromatic rings. The Bertz CT molecular complexity index is 459. The molecule has 0 atom stereocenters. The summed E-state index contributed by atoms with van der Waals surface area (Å²) in [6.07, 6.45) is 1.73. The molecule has 2 N–H and O–H groups in total. The van der Waals surface area contributed by atoms with Gasteiger partial charge in [-0.3, -0.25) is 10.1 Å². The number of hydrogen-bond donors (Lipinski definition) is 1. The lowest BCUT2D eigenvalue weighted by atomic mass is 10.2. The first-order valence-corrected chi connectivity index (χ1v) is 5.02. The fourth-order valence-electron chi connectivity index (χ4n) is 1.35. The van der Waals surface area contributed by atoms with Crippen molar-refractivity contribution in [3.63, 3.8) is 0 Å². The molecule has 0 spiro atoms. The average molecular weight is 206 g/mol. The van der Waals surface area contributed by atoms with Crippen LogP contribution in [0.1, 0.15) is 0 Å². The van der Waals surface area contributed by atoms with Gasteiger partial charge in [0.05, 0.1) is 12.6 Å². The van der Waals surface area contributed by atoms with Gasteiger partial charge in [-0.25, -0.2) is 0 Å². The van der Waals surface area contributed by atoms with E-state index >= 15 is 0 Å². The topological polar surface area (TPSA) is 48.1 Å². The van der Waals surface area contributed by atoms with Crippen molar-refractivity contribution in [2.24, 2.45) is 5.14 Å². The highest BCUT2D eigenvalue weighted by molar-refractivity contribution is 7.97. The third kappa shape index (κ3) is 1.54. The summed E-state index contributed by atoms with van der Waals surface area (Å²) in [4.78, 5) is 5.24. The van der Waals surface area contributed by atoms with Crippen LogP contribution in [0.15, 0.2) is 35.4 Å². The van der Waals surface area contributed by atoms with E-state index in [0.717, 1.165) is 21.5 Å². The molecule has 1 heterocycles. The van der Waals surface area contributed by atoms with Crippen molar-refractivity contribution in [3.05, 3.63) is 30.5 Å². The van der Waals surface area contributed by atoms with Gasteiger partial charge in [-0.05, 0) is 36.2 Å². The van der Waals surface area contributed by atoms with E-state index in [-0.39, 0.29) is 0 Å². The Hall–Kier alpha value is -1.26. The summed E-state index contributed by atoms with van der Waals surface area (Å²) >= 11 is 1.22. The molecular weight excluding hydrogens is 196 g/mol. The van der Waals surface area contributed by atoms with Gasteiger partial charge in [0.2, 0.25) is 0 Å². The Morgan fingerprint density at radius 1 is 1.36 bits per heavy atom. The number of methoxy groups -OCH3 is 1. The molecule has 1 aromatic carbocycles. The number of ether oxygens (including phenoxy) is 1. The van der Waals surface area contributed by atoms with E-state index < -0.39 is 0 Å². The Labute approximate surface area is 86.4 Å². The van der Waals surface area contributed by atoms with Crippen molar-refractivity contribution in [3.8, 4) is 5.75 Å². The summed E-state index contributed by atoms with van der Waals surface area (Å²) in [7, 11) is 1.65. The summed E-state index contributed by atoms with van der Waals surface area (Å²) in [6, 6.07) is 7.70. The molecule has 0 bridgehead atoms. The van der Waals surface area contributed by atoms with Crippen molar-refractivity contribution in [2.45, 2.75) is 4.90 Å². The van der Waals surface area contributed by atoms with Crippen molar-refractivity contribution in [1.82, 2.24) is 4.98 Å². The van der Waals surface area contributed by atoms with E-state index in [4.69, 9.17) is 9.88 Å². The molecule has 72 valence electrons. The first-order chi connectivity index (χ1) is 6.85. The van der Waals surface area contributed by atoms with Crippen LogP contribution >= 0.6 is 11.9 Å². The van der Waals surface area contributed by atoms with E-state index in [9.17, 15) is 0 Å². The average Bonchev–Trinajstić information content (AvgIpc) is 2.27. The molecule has 0 unspecified atom stereocenters. The Kier molecular flexibility index (Phi) is 2.56. The van der Waals surface area contributed by atoms with Crippen molar-refractivity contribution in [1.29, 1.82) is 0 Å². The van der Waals surface area contributed by atoms with Gasteiger partial charge >= 0.3 is 0 Å². The van der Waals surface area contributed by atoms with Gasteiger partial charge in [0.1, 0.15) is 5.75 Å². The molecule has 2 rings (SSSR count). The lowest BCUT2D eigenvalue weighted by Crippen LogP contribution is -1.88. The van der Waals surface area contributed by atoms with Gasteiger partial charge in [-0.2, -0.15) is 0 Å². The number of benzene rings is 1. The highest BCUT2D eigenvalue weighted by Gasteiger charge is 2.02. The highest BCUT2D eigenvalue weighted by Crippen LogP contribution is 2.26. The predicted octanol–water partition coefficient (Wildman–Crippen LogP) is 2.21. The molecule has 0 aliphatic heterocycles. The number of nitrogens with two attached hydrogens (primary N) is 1. The molecule has 0 radical (unpaired) electrons. The summed E-state index contributed by atoms with van der Waals surface area (Å²) in [5, 5.41) is 6.48. The van der Waals surface area contributed by atoms with Gasteiger partial charge in [0.25, 0.3) is 0 Å². The minimum atomic E-state index is 0.825. The van der Waals surface area contributed by atoms with Crippen LogP contribution in [0.5, 0.6) is 5.75 Å². The Balaban J connectivity index is 2.70. The van der Waals surface area contributed by atoms with Crippen molar-refractivity contribution >= 4 is 22.9 Å². The fraction of sp³-hybridized carbons (Fsp3) is 0.100. The zero-order chi connectivity index (χ0) is 9.97. The maximum Gasteiger partial charge on any atom is 0.129 e. The maximum atomic E-state index is 5.49. The van der Waals surface area contributed by atoms with Crippen molar-refractivity contribution < 1.29 is 4.74 Å². The van der Waals surface area contributed by atoms with Crippen LogP contribution in [0.3, 0.4) is 0 Å². The molecular formula is C10H10N2OS. The summed E-state index contributed by atoms with van der Waals surface area (Å²) in [6.45, 7) is 0. The number of aromatic nitrogens is 1. The molecule has 1 aromatic heterocycles. The minimum absolute atomic E-state index is 0.825. The third-order valence-corrected chi connectivity index (χ3v) is 2.56. The number of pyridine rings is 1. The lowest BCUT2D eigenvalue weighted by molar-refractivity contribution is 0.419. The second-order valence-corrected chi connectivity index (χ2v) is 3.52. The maximum absolute atomic E-state index is 5.49. The van der Waals surface area contributed by atoms with E-state index in [2.05, 4.69) is 4.98 Å². The monoisotopic (exact) mass is 206 g/mol. The first-order valence-electron chi connectivity index (χ1n) is 4.14. The Morgan fingerprint density at radius 3 is 2.93 bits per heavy atom. The van der Waals surface area contributed by atoms with E-state index in [0.29, 0.717) is 0 Å². The fourth-order valence-corrected chi connectivity index (χ4v) is 1.68. The van der Waals surface area contributed by atoms with E-state index in [1.807, 2.05) is 24.3 Å². The first kappa shape index (κ1) is 9.30. The van der Waals surface area contributed by atoms with E-state index in [1.165, 1.54) is 11.9 Å². The summed E-state index contributed by atoms with van der Waals surface area (Å²) in [5.74, 6) is 0.825. The van der Waals surface area contributed by atoms with Gasteiger partial charge < -0.3 is 4.74 Å². The van der Waals surface area contributed by atoms with E-state index in [1.54, 1.807) is 13.3 Å². The van der Waals surface area contributed by atoms with Crippen LogP contribution in [0.25, 0.3) is 10.9 Å². The van der Waals surface area contributed by atoms with Gasteiger partial charge in [-0.15, -0.1) is 0 Å². The zero-order valence-electron chi connectivity index (χ0n) is 7.73. The third-order valence-electron chi connectivity index (χ3n) is 2.03. The minimum Gasteiger partial charge on any atom is -0.496 e. The van der Waals surface area contributed by atoms with Crippen LogP contribution in [0.4, 0.5) is 0 Å². The number of fused-ring (bicyclic) bond motifs is 1. The zero-order valence-corrected chi connectivity index (χ0v) is 8.54. The van der Waals surface area contributed by atoms with Gasteiger partial charge in [0, 0.05) is 16.5 Å². The normalized spacial score (nSPS) is 10.4. The summed E-state index contributed by atoms with van der Waals surface area (Å²) in [5.41, 5.74) is 0.919. The van der Waals surface area contributed by atoms with Crippen LogP contribution < -0.4 is 9.88 Å². The molecule has 0 saturated heterocycles. The molecule has 0 aliphatic carbocycles. The molecule has 0 aliphatic rings. The standard InChI is InChI=1S/C10H10N2OS/c1-13-10-4-5-12-9-3-2-7(14-11)6-8(9)10/h2-6H,11H2,1H3. The van der Waals surface area contributed by atoms with Gasteiger partial charge in [0.15, 0.2) is 0 Å². The van der Waals surface area contributed by atoms with Crippen molar-refractivity contribution in [2.75, 3.05) is 7.11 Å². The number of nitrogens with zero attached hydrogens (tertiary/aromatic N) is 1. The van der Waals surface area contributed by atoms with Crippen LogP contribution in [0.2, 0.25) is 0 Å². The molecule has 4 heteroatoms. The Morgan fingerprint density at radius 2 is 2.21 bits per heavy atom. The quantitative estimate of drug-likeness (QED) is 0.765. The predicted molar refractivity (Wildman–Crippen MR) is 58.3 cm³/mol. The second kappa shape index (κ2) is 3.86. The smallest absolute Gasteiger partial charge is 0.129 e. The molecule has 3 nitrogen and oxygen atoms in total. The van der Waals surface area contributed by atoms with Crippen LogP contribution in [0, 0.1) is 0 Å². The van der Waals surface area contributed by atoms with Gasteiger partial charge in [-0.1, -0.05) is 0 Å². The lowest BCUT2D eigenvalue weighted by Gasteiger charge is -2.05. The largest absolute Gasteiger partial charge is 0.496 e. The number of rotatable bonds is 2. The van der Waals surface area contributed by atoms with Crippen LogP contribution in [-0.4, -0.2) is 12.1 Å². The molecule has 0 saturated carbocycles. The highest BCUT2D eigenvalue weighted by atomic mass is 32.2. The molecule has 0 fully saturated rings. The number of hydrogen-bond acceptors (Lipinski definition) is 4.